The van der Waals surface area contributed by atoms with E-state index >= 15 is 0 Å². The zero-order valence-electron chi connectivity index (χ0n) is 16.9. The third-order valence-electron chi connectivity index (χ3n) is 6.30. The first-order valence-electron chi connectivity index (χ1n) is 9.38. The molecule has 1 saturated carbocycles. The van der Waals surface area contributed by atoms with Crippen molar-refractivity contribution < 1.29 is 9.53 Å². The maximum absolute atomic E-state index is 13.3. The largest absolute Gasteiger partial charge is 0.378 e. The number of halogens is 1. The summed E-state index contributed by atoms with van der Waals surface area (Å²) in [5.74, 6) is 0.0377. The smallest absolute Gasteiger partial charge is 0.247 e. The third-order valence-corrected chi connectivity index (χ3v) is 6.30. The van der Waals surface area contributed by atoms with Crippen LogP contribution in [0.25, 0.3) is 0 Å². The number of nitrogens with zero attached hydrogens (tertiary/aromatic N) is 1. The van der Waals surface area contributed by atoms with Crippen LogP contribution in [-0.2, 0) is 21.4 Å². The van der Waals surface area contributed by atoms with Gasteiger partial charge in [0, 0.05) is 30.7 Å². The molecule has 26 heavy (non-hydrogen) atoms. The van der Waals surface area contributed by atoms with E-state index < -0.39 is 5.54 Å². The molecule has 1 fully saturated rings. The van der Waals surface area contributed by atoms with E-state index in [1.54, 1.807) is 0 Å². The van der Waals surface area contributed by atoms with Crippen LogP contribution in [0, 0.1) is 5.41 Å². The van der Waals surface area contributed by atoms with Crippen LogP contribution in [0.1, 0.15) is 59.1 Å². The highest BCUT2D eigenvalue weighted by molar-refractivity contribution is 6.03. The maximum atomic E-state index is 13.3. The topological polar surface area (TPSA) is 55.6 Å². The molecule has 5 heteroatoms. The molecule has 4 nitrogen and oxygen atoms in total. The van der Waals surface area contributed by atoms with Crippen LogP contribution in [0.4, 0.5) is 5.69 Å². The molecule has 2 atom stereocenters. The number of carbonyl (C=O) groups excluding carboxylic acids is 1. The normalized spacial score (nSPS) is 26.7. The third kappa shape index (κ3) is 3.06. The molecule has 2 N–H and O–H groups in total. The number of ether oxygens (including phenoxy) is 1. The van der Waals surface area contributed by atoms with E-state index in [-0.39, 0.29) is 35.2 Å². The molecule has 1 aliphatic heterocycles. The number of carbonyl (C=O) groups is 1. The van der Waals surface area contributed by atoms with Crippen molar-refractivity contribution in [3.8, 4) is 0 Å². The minimum absolute atomic E-state index is 0. The Morgan fingerprint density at radius 3 is 2.54 bits per heavy atom. The molecule has 0 radical (unpaired) electrons. The molecule has 146 valence electrons. The van der Waals surface area contributed by atoms with E-state index in [9.17, 15) is 4.79 Å². The molecule has 1 heterocycles. The standard InChI is InChI=1S/C21H32N2O2.ClH/c1-7-25-17-13-21(22,20(17,5)6)18(24)23-11-10-14-12-15(19(2,3)4)8-9-16(14)23;/h8-9,12,17H,7,10-11,13,22H2,1-6H3;1H. The van der Waals surface area contributed by atoms with Gasteiger partial charge >= 0.3 is 0 Å². The van der Waals surface area contributed by atoms with Gasteiger partial charge < -0.3 is 15.4 Å². The van der Waals surface area contributed by atoms with Crippen LogP contribution in [0.2, 0.25) is 0 Å². The fourth-order valence-corrected chi connectivity index (χ4v) is 4.12. The Bertz CT molecular complexity index is 696. The van der Waals surface area contributed by atoms with E-state index in [2.05, 4.69) is 52.8 Å². The monoisotopic (exact) mass is 380 g/mol. The van der Waals surface area contributed by atoms with Crippen molar-refractivity contribution in [1.82, 2.24) is 0 Å². The summed E-state index contributed by atoms with van der Waals surface area (Å²) >= 11 is 0. The Morgan fingerprint density at radius 2 is 2.00 bits per heavy atom. The van der Waals surface area contributed by atoms with Crippen molar-refractivity contribution >= 4 is 24.0 Å². The van der Waals surface area contributed by atoms with Gasteiger partial charge in [0.15, 0.2) is 0 Å². The van der Waals surface area contributed by atoms with Gasteiger partial charge in [0.1, 0.15) is 5.54 Å². The highest BCUT2D eigenvalue weighted by Crippen LogP contribution is 2.51. The zero-order chi connectivity index (χ0) is 18.6. The lowest BCUT2D eigenvalue weighted by Crippen LogP contribution is -2.76. The van der Waals surface area contributed by atoms with Crippen molar-refractivity contribution in [2.45, 2.75) is 71.4 Å². The van der Waals surface area contributed by atoms with Gasteiger partial charge in [-0.15, -0.1) is 12.4 Å². The van der Waals surface area contributed by atoms with Crippen molar-refractivity contribution in [1.29, 1.82) is 0 Å². The number of hydrogen-bond acceptors (Lipinski definition) is 3. The molecular weight excluding hydrogens is 348 g/mol. The van der Waals surface area contributed by atoms with E-state index in [4.69, 9.17) is 10.5 Å². The summed E-state index contributed by atoms with van der Waals surface area (Å²) in [6.07, 6.45) is 1.55. The van der Waals surface area contributed by atoms with Gasteiger partial charge in [-0.2, -0.15) is 0 Å². The summed E-state index contributed by atoms with van der Waals surface area (Å²) < 4.78 is 5.77. The second kappa shape index (κ2) is 6.81. The van der Waals surface area contributed by atoms with Crippen LogP contribution in [0.15, 0.2) is 18.2 Å². The van der Waals surface area contributed by atoms with Crippen molar-refractivity contribution in [2.24, 2.45) is 11.1 Å². The Morgan fingerprint density at radius 1 is 1.35 bits per heavy atom. The number of fused-ring (bicyclic) bond motifs is 1. The number of rotatable bonds is 3. The zero-order valence-corrected chi connectivity index (χ0v) is 17.7. The lowest BCUT2D eigenvalue weighted by molar-refractivity contribution is -0.168. The molecule has 1 aromatic rings. The summed E-state index contributed by atoms with van der Waals surface area (Å²) in [5.41, 5.74) is 9.11. The fourth-order valence-electron chi connectivity index (χ4n) is 4.12. The molecule has 0 aromatic heterocycles. The minimum Gasteiger partial charge on any atom is -0.378 e. The molecule has 3 rings (SSSR count). The second-order valence-corrected chi connectivity index (χ2v) is 9.14. The Kier molecular flexibility index (Phi) is 5.55. The molecular formula is C21H33ClN2O2. The molecule has 1 aromatic carbocycles. The maximum Gasteiger partial charge on any atom is 0.247 e. The first kappa shape index (κ1) is 21.2. The lowest BCUT2D eigenvalue weighted by atomic mass is 9.54. The lowest BCUT2D eigenvalue weighted by Gasteiger charge is -2.58. The Hall–Kier alpha value is -1.10. The first-order chi connectivity index (χ1) is 11.5. The molecule has 0 bridgehead atoms. The van der Waals surface area contributed by atoms with Crippen molar-refractivity contribution in [2.75, 3.05) is 18.1 Å². The van der Waals surface area contributed by atoms with Gasteiger partial charge in [-0.05, 0) is 36.0 Å². The average Bonchev–Trinajstić information content (AvgIpc) is 2.96. The number of nitrogens with two attached hydrogens (primary N) is 1. The summed E-state index contributed by atoms with van der Waals surface area (Å²) in [6, 6.07) is 6.49. The molecule has 1 amide bonds. The highest BCUT2D eigenvalue weighted by atomic mass is 35.5. The van der Waals surface area contributed by atoms with Gasteiger partial charge in [-0.3, -0.25) is 4.79 Å². The van der Waals surface area contributed by atoms with Gasteiger partial charge in [0.25, 0.3) is 0 Å². The molecule has 0 spiro atoms. The Labute approximate surface area is 163 Å². The average molecular weight is 381 g/mol. The SMILES string of the molecule is CCOC1CC(N)(C(=O)N2CCc3cc(C(C)(C)C)ccc32)C1(C)C.Cl. The number of hydrogen-bond donors (Lipinski definition) is 1. The number of amides is 1. The fraction of sp³-hybridized carbons (Fsp3) is 0.667. The van der Waals surface area contributed by atoms with Gasteiger partial charge in [-0.25, -0.2) is 0 Å². The van der Waals surface area contributed by atoms with Crippen LogP contribution < -0.4 is 10.6 Å². The molecule has 1 aliphatic carbocycles. The second-order valence-electron chi connectivity index (χ2n) is 9.14. The summed E-state index contributed by atoms with van der Waals surface area (Å²) in [7, 11) is 0. The molecule has 2 aliphatic rings. The van der Waals surface area contributed by atoms with Gasteiger partial charge in [-0.1, -0.05) is 46.8 Å². The molecule has 2 unspecified atom stereocenters. The summed E-state index contributed by atoms with van der Waals surface area (Å²) in [6.45, 7) is 14.1. The quantitative estimate of drug-likeness (QED) is 0.866. The predicted molar refractivity (Wildman–Crippen MR) is 109 cm³/mol. The van der Waals surface area contributed by atoms with Crippen LogP contribution in [0.3, 0.4) is 0 Å². The predicted octanol–water partition coefficient (Wildman–Crippen LogP) is 3.83. The number of anilines is 1. The summed E-state index contributed by atoms with van der Waals surface area (Å²) in [5, 5.41) is 0. The van der Waals surface area contributed by atoms with E-state index in [1.807, 2.05) is 11.8 Å². The van der Waals surface area contributed by atoms with Gasteiger partial charge in [0.2, 0.25) is 5.91 Å². The van der Waals surface area contributed by atoms with E-state index in [0.29, 0.717) is 13.0 Å². The number of benzene rings is 1. The van der Waals surface area contributed by atoms with Crippen molar-refractivity contribution in [3.63, 3.8) is 0 Å². The van der Waals surface area contributed by atoms with Crippen LogP contribution >= 0.6 is 12.4 Å². The van der Waals surface area contributed by atoms with Crippen LogP contribution in [0.5, 0.6) is 0 Å². The van der Waals surface area contributed by atoms with E-state index in [0.717, 1.165) is 18.7 Å². The van der Waals surface area contributed by atoms with Gasteiger partial charge in [0.05, 0.1) is 6.10 Å². The van der Waals surface area contributed by atoms with Crippen LogP contribution in [-0.4, -0.2) is 30.7 Å². The van der Waals surface area contributed by atoms with E-state index in [1.165, 1.54) is 11.1 Å². The Balaban J connectivity index is 0.00000243. The minimum atomic E-state index is -0.850. The molecule has 0 saturated heterocycles. The first-order valence-corrected chi connectivity index (χ1v) is 9.38. The summed E-state index contributed by atoms with van der Waals surface area (Å²) in [4.78, 5) is 15.2. The highest BCUT2D eigenvalue weighted by Gasteiger charge is 2.64. The van der Waals surface area contributed by atoms with Crippen molar-refractivity contribution in [3.05, 3.63) is 29.3 Å².